The Morgan fingerprint density at radius 3 is 2.81 bits per heavy atom. The minimum Gasteiger partial charge on any atom is -0.383 e. The number of aromatic nitrogens is 3. The van der Waals surface area contributed by atoms with Gasteiger partial charge >= 0.3 is 5.69 Å². The number of hydrogen-bond acceptors (Lipinski definition) is 11. The summed E-state index contributed by atoms with van der Waals surface area (Å²) in [6.45, 7) is 3.11. The Hall–Kier alpha value is -3.06. The molecule has 2 N–H and O–H groups in total. The Morgan fingerprint density at radius 1 is 1.28 bits per heavy atom. The number of hydrogen-bond donors (Lipinski definition) is 1. The summed E-state index contributed by atoms with van der Waals surface area (Å²) in [5.74, 6) is 0.901. The molecule has 2 aromatic carbocycles. The number of ether oxygens (including phenoxy) is 1. The summed E-state index contributed by atoms with van der Waals surface area (Å²) in [5.41, 5.74) is 8.38. The van der Waals surface area contributed by atoms with Crippen molar-refractivity contribution < 1.29 is 9.13 Å². The van der Waals surface area contributed by atoms with E-state index in [4.69, 9.17) is 22.1 Å². The van der Waals surface area contributed by atoms with Crippen molar-refractivity contribution in [2.45, 2.75) is 29.8 Å². The fourth-order valence-electron chi connectivity index (χ4n) is 5.82. The molecule has 4 aromatic rings. The zero-order valence-corrected chi connectivity index (χ0v) is 26.5. The molecule has 4 heterocycles. The number of thiazole rings is 1. The molecule has 0 saturated carbocycles. The Labute approximate surface area is 261 Å². The lowest BCUT2D eigenvalue weighted by molar-refractivity contribution is 0.208. The fourth-order valence-corrected chi connectivity index (χ4v) is 8.27. The number of anilines is 2. The SMILES string of the molecule is COCCN=C=NC1CCN(c2nc(=O)n3c4c(c(-c5ccc(F)c6sc(N)nc56)c(Cl)cc24)SC[C@@H]3CN(C)C)CC1. The van der Waals surface area contributed by atoms with E-state index in [9.17, 15) is 9.18 Å². The van der Waals surface area contributed by atoms with Crippen molar-refractivity contribution in [3.8, 4) is 11.1 Å². The van der Waals surface area contributed by atoms with Crippen LogP contribution in [0.3, 0.4) is 0 Å². The summed E-state index contributed by atoms with van der Waals surface area (Å²) in [4.78, 5) is 36.7. The van der Waals surface area contributed by atoms with Crippen LogP contribution in [-0.2, 0) is 4.74 Å². The molecule has 0 aliphatic carbocycles. The van der Waals surface area contributed by atoms with Gasteiger partial charge in [0.2, 0.25) is 0 Å². The van der Waals surface area contributed by atoms with E-state index in [1.54, 1.807) is 24.9 Å². The van der Waals surface area contributed by atoms with Gasteiger partial charge in [-0.15, -0.1) is 11.8 Å². The number of nitrogen functional groups attached to an aromatic ring is 1. The van der Waals surface area contributed by atoms with Gasteiger partial charge in [0.1, 0.15) is 11.6 Å². The fraction of sp³-hybridized carbons (Fsp3) is 0.448. The smallest absolute Gasteiger partial charge is 0.350 e. The Bertz CT molecular complexity index is 1810. The van der Waals surface area contributed by atoms with Crippen LogP contribution >= 0.6 is 34.7 Å². The van der Waals surface area contributed by atoms with E-state index >= 15 is 0 Å². The second-order valence-corrected chi connectivity index (χ2v) is 13.4. The van der Waals surface area contributed by atoms with Crippen molar-refractivity contribution in [1.82, 2.24) is 19.4 Å². The van der Waals surface area contributed by atoms with Gasteiger partial charge in [-0.05, 0) is 45.1 Å². The second-order valence-electron chi connectivity index (χ2n) is 10.9. The molecule has 1 saturated heterocycles. The highest BCUT2D eigenvalue weighted by molar-refractivity contribution is 7.99. The van der Waals surface area contributed by atoms with Crippen molar-refractivity contribution in [1.29, 1.82) is 0 Å². The third-order valence-corrected chi connectivity index (χ3v) is 10.1. The summed E-state index contributed by atoms with van der Waals surface area (Å²) >= 11 is 9.85. The first-order valence-corrected chi connectivity index (χ1v) is 16.2. The van der Waals surface area contributed by atoms with E-state index in [0.29, 0.717) is 65.2 Å². The zero-order valence-electron chi connectivity index (χ0n) is 24.1. The van der Waals surface area contributed by atoms with Crippen molar-refractivity contribution in [2.24, 2.45) is 9.98 Å². The molecular weight excluding hydrogens is 611 g/mol. The van der Waals surface area contributed by atoms with Gasteiger partial charge in [0, 0.05) is 53.9 Å². The summed E-state index contributed by atoms with van der Waals surface area (Å²) in [6, 6.07) is 7.83. The molecule has 1 fully saturated rings. The number of likely N-dealkylation sites (N-methyl/N-ethyl adjacent to an activating group) is 1. The topological polar surface area (TPSA) is 114 Å². The van der Waals surface area contributed by atoms with Crippen LogP contribution in [0.25, 0.3) is 32.2 Å². The molecule has 10 nitrogen and oxygen atoms in total. The molecule has 2 aromatic heterocycles. The summed E-state index contributed by atoms with van der Waals surface area (Å²) in [7, 11) is 5.63. The van der Waals surface area contributed by atoms with Crippen LogP contribution in [0.5, 0.6) is 0 Å². The van der Waals surface area contributed by atoms with Crippen molar-refractivity contribution in [3.63, 3.8) is 0 Å². The highest BCUT2D eigenvalue weighted by Gasteiger charge is 2.32. The number of benzene rings is 2. The van der Waals surface area contributed by atoms with Gasteiger partial charge in [-0.3, -0.25) is 4.57 Å². The van der Waals surface area contributed by atoms with Crippen LogP contribution in [0.1, 0.15) is 18.9 Å². The molecule has 0 bridgehead atoms. The molecule has 0 unspecified atom stereocenters. The number of nitrogens with zero attached hydrogens (tertiary/aromatic N) is 7. The van der Waals surface area contributed by atoms with Gasteiger partial charge in [-0.1, -0.05) is 22.9 Å². The first kappa shape index (κ1) is 30.0. The number of aliphatic imine (C=N–C) groups is 2. The molecule has 2 aliphatic heterocycles. The van der Waals surface area contributed by atoms with E-state index in [1.165, 1.54) is 6.07 Å². The summed E-state index contributed by atoms with van der Waals surface area (Å²) in [6.07, 6.45) is 1.57. The van der Waals surface area contributed by atoms with Crippen molar-refractivity contribution in [2.75, 3.05) is 70.4 Å². The Kier molecular flexibility index (Phi) is 8.72. The minimum atomic E-state index is -0.380. The molecule has 0 radical (unpaired) electrons. The summed E-state index contributed by atoms with van der Waals surface area (Å²) < 4.78 is 21.9. The molecule has 43 heavy (non-hydrogen) atoms. The first-order valence-electron chi connectivity index (χ1n) is 14.0. The predicted molar refractivity (Wildman–Crippen MR) is 174 cm³/mol. The highest BCUT2D eigenvalue weighted by Crippen LogP contribution is 2.49. The molecule has 1 atom stereocenters. The lowest BCUT2D eigenvalue weighted by atomic mass is 10.0. The van der Waals surface area contributed by atoms with Crippen molar-refractivity contribution in [3.05, 3.63) is 39.5 Å². The summed E-state index contributed by atoms with van der Waals surface area (Å²) in [5, 5.41) is 1.59. The molecule has 0 amide bonds. The van der Waals surface area contributed by atoms with Gasteiger partial charge in [0.25, 0.3) is 0 Å². The number of piperidine rings is 1. The average molecular weight is 643 g/mol. The normalized spacial score (nSPS) is 17.2. The first-order chi connectivity index (χ1) is 20.8. The monoisotopic (exact) mass is 642 g/mol. The molecule has 14 heteroatoms. The minimum absolute atomic E-state index is 0.0845. The van der Waals surface area contributed by atoms with Crippen LogP contribution < -0.4 is 16.3 Å². The van der Waals surface area contributed by atoms with Gasteiger partial charge in [0.15, 0.2) is 5.13 Å². The largest absolute Gasteiger partial charge is 0.383 e. The van der Waals surface area contributed by atoms with Gasteiger partial charge in [0.05, 0.1) is 52.0 Å². The average Bonchev–Trinajstić information content (AvgIpc) is 3.38. The maximum Gasteiger partial charge on any atom is 0.350 e. The predicted octanol–water partition coefficient (Wildman–Crippen LogP) is 5.05. The Balaban J connectivity index is 1.48. The van der Waals surface area contributed by atoms with Gasteiger partial charge in [-0.2, -0.15) is 4.98 Å². The lowest BCUT2D eigenvalue weighted by Crippen LogP contribution is -2.40. The van der Waals surface area contributed by atoms with Crippen LogP contribution in [0.4, 0.5) is 15.3 Å². The van der Waals surface area contributed by atoms with Crippen LogP contribution in [0, 0.1) is 5.82 Å². The Morgan fingerprint density at radius 2 is 2.07 bits per heavy atom. The van der Waals surface area contributed by atoms with Crippen LogP contribution in [0.2, 0.25) is 5.02 Å². The van der Waals surface area contributed by atoms with Gasteiger partial charge in [-0.25, -0.2) is 24.2 Å². The molecule has 0 spiro atoms. The van der Waals surface area contributed by atoms with E-state index in [-0.39, 0.29) is 28.7 Å². The maximum absolute atomic E-state index is 14.7. The number of rotatable bonds is 8. The van der Waals surface area contributed by atoms with Gasteiger partial charge < -0.3 is 20.3 Å². The number of nitrogens with two attached hydrogens (primary N) is 1. The molecule has 2 aliphatic rings. The van der Waals surface area contributed by atoms with E-state index in [1.807, 2.05) is 24.7 Å². The standard InChI is InChI=1S/C29H32ClFN8O2S2/c1-37(2)13-17-14-42-26-22(18-4-5-21(31)25-23(18)35-28(32)43-25)20(30)12-19-24(26)39(17)29(40)36-27(19)38-9-6-16(7-10-38)34-15-33-8-11-41-3/h4-5,12,16-17H,6-11,13-14H2,1-3H3,(H2,32,35)/t17-/m0/s1. The third kappa shape index (κ3) is 5.77. The number of methoxy groups -OCH3 is 1. The van der Waals surface area contributed by atoms with E-state index in [0.717, 1.165) is 45.5 Å². The van der Waals surface area contributed by atoms with Crippen LogP contribution in [0.15, 0.2) is 37.9 Å². The third-order valence-electron chi connectivity index (χ3n) is 7.72. The second kappa shape index (κ2) is 12.5. The van der Waals surface area contributed by atoms with E-state index < -0.39 is 0 Å². The quantitative estimate of drug-likeness (QED) is 0.210. The zero-order chi connectivity index (χ0) is 30.2. The number of halogens is 2. The number of thioether (sulfide) groups is 1. The molecule has 226 valence electrons. The maximum atomic E-state index is 14.7. The van der Waals surface area contributed by atoms with E-state index in [2.05, 4.69) is 35.8 Å². The van der Waals surface area contributed by atoms with Crippen LogP contribution in [-0.4, -0.2) is 91.2 Å². The lowest BCUT2D eigenvalue weighted by Gasteiger charge is -2.34. The molecular formula is C29H32ClFN8O2S2. The number of fused-ring (bicyclic) bond motifs is 1. The highest BCUT2D eigenvalue weighted by atomic mass is 35.5. The van der Waals surface area contributed by atoms with Crippen molar-refractivity contribution >= 4 is 72.8 Å². The molecule has 6 rings (SSSR count).